The van der Waals surface area contributed by atoms with E-state index >= 15 is 0 Å². The van der Waals surface area contributed by atoms with Crippen molar-refractivity contribution in [1.82, 2.24) is 0 Å². The first-order valence-electron chi connectivity index (χ1n) is 6.43. The van der Waals surface area contributed by atoms with E-state index in [2.05, 4.69) is 0 Å². The molecule has 2 nitrogen and oxygen atoms in total. The van der Waals surface area contributed by atoms with Crippen molar-refractivity contribution < 1.29 is 23.0 Å². The molecule has 0 bridgehead atoms. The van der Waals surface area contributed by atoms with Crippen molar-refractivity contribution in [2.24, 2.45) is 11.8 Å². The normalized spacial score (nSPS) is 24.2. The molecule has 0 saturated heterocycles. The largest absolute Gasteiger partial charge is 0.508 e. The molecule has 0 atom stereocenters. The quantitative estimate of drug-likeness (QED) is 0.897. The van der Waals surface area contributed by atoms with Gasteiger partial charge in [-0.1, -0.05) is 6.07 Å². The van der Waals surface area contributed by atoms with E-state index in [0.717, 1.165) is 0 Å². The van der Waals surface area contributed by atoms with Crippen molar-refractivity contribution >= 4 is 0 Å². The molecule has 5 heteroatoms. The topological polar surface area (TPSA) is 29.5 Å². The molecule has 1 aromatic carbocycles. The molecule has 0 aromatic heterocycles. The van der Waals surface area contributed by atoms with E-state index in [9.17, 15) is 18.3 Å². The second-order valence-electron chi connectivity index (χ2n) is 5.07. The second-order valence-corrected chi connectivity index (χ2v) is 5.07. The standard InChI is InChI=1S/C14H17F3O2/c15-14(16,17)11-6-4-10(5-7-11)9-19-13-3-1-2-12(18)8-13/h1-3,8,10-11,18H,4-7,9H2. The van der Waals surface area contributed by atoms with Crippen LogP contribution in [0, 0.1) is 11.8 Å². The second kappa shape index (κ2) is 5.72. The van der Waals surface area contributed by atoms with Crippen LogP contribution in [0.5, 0.6) is 11.5 Å². The molecule has 0 radical (unpaired) electrons. The van der Waals surface area contributed by atoms with Crippen molar-refractivity contribution in [2.45, 2.75) is 31.9 Å². The fourth-order valence-electron chi connectivity index (χ4n) is 2.44. The summed E-state index contributed by atoms with van der Waals surface area (Å²) in [4.78, 5) is 0. The van der Waals surface area contributed by atoms with Gasteiger partial charge in [0, 0.05) is 6.07 Å². The minimum absolute atomic E-state index is 0.123. The van der Waals surface area contributed by atoms with Crippen LogP contribution in [0.1, 0.15) is 25.7 Å². The Bertz CT molecular complexity index is 409. The van der Waals surface area contributed by atoms with Crippen molar-refractivity contribution in [2.75, 3.05) is 6.61 Å². The summed E-state index contributed by atoms with van der Waals surface area (Å²) in [5.74, 6) is -0.304. The van der Waals surface area contributed by atoms with E-state index in [1.54, 1.807) is 18.2 Å². The Morgan fingerprint density at radius 2 is 1.84 bits per heavy atom. The fraction of sp³-hybridized carbons (Fsp3) is 0.571. The molecule has 0 aliphatic heterocycles. The number of halogens is 3. The Morgan fingerprint density at radius 3 is 2.42 bits per heavy atom. The summed E-state index contributed by atoms with van der Waals surface area (Å²) < 4.78 is 43.0. The lowest BCUT2D eigenvalue weighted by atomic mass is 9.82. The number of ether oxygens (including phenoxy) is 1. The number of hydrogen-bond acceptors (Lipinski definition) is 2. The number of phenols is 1. The molecule has 0 amide bonds. The van der Waals surface area contributed by atoms with Gasteiger partial charge in [-0.05, 0) is 43.7 Å². The molecule has 2 rings (SSSR count). The predicted octanol–water partition coefficient (Wildman–Crippen LogP) is 4.14. The minimum atomic E-state index is -4.06. The van der Waals surface area contributed by atoms with E-state index in [1.165, 1.54) is 6.07 Å². The van der Waals surface area contributed by atoms with Gasteiger partial charge in [-0.15, -0.1) is 0 Å². The van der Waals surface area contributed by atoms with E-state index in [1.807, 2.05) is 0 Å². The van der Waals surface area contributed by atoms with E-state index in [4.69, 9.17) is 4.74 Å². The van der Waals surface area contributed by atoms with Gasteiger partial charge in [-0.3, -0.25) is 0 Å². The van der Waals surface area contributed by atoms with Crippen LogP contribution in [-0.4, -0.2) is 17.9 Å². The highest BCUT2D eigenvalue weighted by Gasteiger charge is 2.41. The highest BCUT2D eigenvalue weighted by Crippen LogP contribution is 2.39. The first-order valence-corrected chi connectivity index (χ1v) is 6.43. The number of alkyl halides is 3. The Hall–Kier alpha value is -1.39. The Morgan fingerprint density at radius 1 is 1.16 bits per heavy atom. The van der Waals surface area contributed by atoms with Gasteiger partial charge in [0.2, 0.25) is 0 Å². The molecule has 1 fully saturated rings. The molecule has 0 unspecified atom stereocenters. The van der Waals surface area contributed by atoms with Crippen LogP contribution in [0.4, 0.5) is 13.2 Å². The maximum absolute atomic E-state index is 12.5. The smallest absolute Gasteiger partial charge is 0.391 e. The molecular weight excluding hydrogens is 257 g/mol. The van der Waals surface area contributed by atoms with Crippen molar-refractivity contribution in [3.05, 3.63) is 24.3 Å². The molecule has 0 spiro atoms. The zero-order chi connectivity index (χ0) is 13.9. The molecule has 1 aliphatic carbocycles. The lowest BCUT2D eigenvalue weighted by Crippen LogP contribution is -2.29. The minimum Gasteiger partial charge on any atom is -0.508 e. The summed E-state index contributed by atoms with van der Waals surface area (Å²) >= 11 is 0. The lowest BCUT2D eigenvalue weighted by Gasteiger charge is -2.29. The van der Waals surface area contributed by atoms with Gasteiger partial charge in [0.15, 0.2) is 0 Å². The summed E-state index contributed by atoms with van der Waals surface area (Å²) in [6, 6.07) is 6.44. The van der Waals surface area contributed by atoms with Gasteiger partial charge in [-0.25, -0.2) is 0 Å². The first kappa shape index (κ1) is 14.0. The summed E-state index contributed by atoms with van der Waals surface area (Å²) in [5.41, 5.74) is 0. The Kier molecular flexibility index (Phi) is 4.22. The van der Waals surface area contributed by atoms with Crippen molar-refractivity contribution in [3.63, 3.8) is 0 Å². The molecular formula is C14H17F3O2. The zero-order valence-corrected chi connectivity index (χ0v) is 10.5. The molecule has 1 saturated carbocycles. The number of aromatic hydroxyl groups is 1. The third-order valence-electron chi connectivity index (χ3n) is 3.61. The van der Waals surface area contributed by atoms with Crippen molar-refractivity contribution in [3.8, 4) is 11.5 Å². The van der Waals surface area contributed by atoms with Crippen LogP contribution < -0.4 is 4.74 Å². The van der Waals surface area contributed by atoms with Crippen molar-refractivity contribution in [1.29, 1.82) is 0 Å². The molecule has 0 heterocycles. The van der Waals surface area contributed by atoms with Gasteiger partial charge in [0.25, 0.3) is 0 Å². The Balaban J connectivity index is 1.77. The van der Waals surface area contributed by atoms with Crippen LogP contribution in [0.25, 0.3) is 0 Å². The number of hydrogen-bond donors (Lipinski definition) is 1. The maximum atomic E-state index is 12.5. The highest BCUT2D eigenvalue weighted by molar-refractivity contribution is 5.31. The van der Waals surface area contributed by atoms with Crippen LogP contribution in [0.3, 0.4) is 0 Å². The van der Waals surface area contributed by atoms with Crippen LogP contribution in [-0.2, 0) is 0 Å². The monoisotopic (exact) mass is 274 g/mol. The first-order chi connectivity index (χ1) is 8.95. The van der Waals surface area contributed by atoms with Gasteiger partial charge < -0.3 is 9.84 Å². The third-order valence-corrected chi connectivity index (χ3v) is 3.61. The lowest BCUT2D eigenvalue weighted by molar-refractivity contribution is -0.184. The molecule has 1 aromatic rings. The summed E-state index contributed by atoms with van der Waals surface area (Å²) in [5, 5.41) is 9.27. The zero-order valence-electron chi connectivity index (χ0n) is 10.5. The molecule has 1 N–H and O–H groups in total. The van der Waals surface area contributed by atoms with Crippen LogP contribution in [0.2, 0.25) is 0 Å². The van der Waals surface area contributed by atoms with E-state index in [-0.39, 0.29) is 24.5 Å². The number of benzene rings is 1. The van der Waals surface area contributed by atoms with Crippen LogP contribution in [0.15, 0.2) is 24.3 Å². The predicted molar refractivity (Wildman–Crippen MR) is 65.1 cm³/mol. The van der Waals surface area contributed by atoms with E-state index < -0.39 is 12.1 Å². The summed E-state index contributed by atoms with van der Waals surface area (Å²) in [7, 11) is 0. The Labute approximate surface area is 110 Å². The average molecular weight is 274 g/mol. The van der Waals surface area contributed by atoms with Gasteiger partial charge >= 0.3 is 6.18 Å². The third kappa shape index (κ3) is 4.04. The summed E-state index contributed by atoms with van der Waals surface area (Å²) in [6.45, 7) is 0.411. The molecule has 106 valence electrons. The number of phenolic OH excluding ortho intramolecular Hbond substituents is 1. The van der Waals surface area contributed by atoms with Crippen LogP contribution >= 0.6 is 0 Å². The highest BCUT2D eigenvalue weighted by atomic mass is 19.4. The van der Waals surface area contributed by atoms with Gasteiger partial charge in [0.05, 0.1) is 12.5 Å². The van der Waals surface area contributed by atoms with Gasteiger partial charge in [0.1, 0.15) is 11.5 Å². The SMILES string of the molecule is Oc1cccc(OCC2CCC(C(F)(F)F)CC2)c1. The number of rotatable bonds is 3. The fourth-order valence-corrected chi connectivity index (χ4v) is 2.44. The van der Waals surface area contributed by atoms with E-state index in [0.29, 0.717) is 25.2 Å². The molecule has 1 aliphatic rings. The molecule has 19 heavy (non-hydrogen) atoms. The maximum Gasteiger partial charge on any atom is 0.391 e. The average Bonchev–Trinajstić information content (AvgIpc) is 2.36. The van der Waals surface area contributed by atoms with Gasteiger partial charge in [-0.2, -0.15) is 13.2 Å². The summed E-state index contributed by atoms with van der Waals surface area (Å²) in [6.07, 6.45) is -2.59.